The van der Waals surface area contributed by atoms with Gasteiger partial charge in [-0.1, -0.05) is 25.1 Å². The third-order valence-electron chi connectivity index (χ3n) is 5.51. The van der Waals surface area contributed by atoms with Gasteiger partial charge in [0.15, 0.2) is 17.5 Å². The van der Waals surface area contributed by atoms with Gasteiger partial charge in [0, 0.05) is 24.0 Å². The number of nitrogens with one attached hydrogen (secondary N) is 1. The van der Waals surface area contributed by atoms with Crippen LogP contribution in [-0.4, -0.2) is 26.8 Å². The highest BCUT2D eigenvalue weighted by Crippen LogP contribution is 2.35. The molecule has 0 aromatic heterocycles. The highest BCUT2D eigenvalue weighted by molar-refractivity contribution is 5.49. The Balaban J connectivity index is 2.00. The maximum Gasteiger partial charge on any atom is 0.166 e. The first-order valence-electron chi connectivity index (χ1n) is 9.24. The van der Waals surface area contributed by atoms with Gasteiger partial charge in [-0.3, -0.25) is 0 Å². The maximum absolute atomic E-state index is 14.2. The number of benzene rings is 2. The van der Waals surface area contributed by atoms with Gasteiger partial charge in [-0.25, -0.2) is 4.39 Å². The number of methoxy groups -OCH3 is 2. The lowest BCUT2D eigenvalue weighted by Crippen LogP contribution is -3.14. The van der Waals surface area contributed by atoms with Gasteiger partial charge in [0.05, 0.1) is 20.8 Å². The Morgan fingerprint density at radius 2 is 1.88 bits per heavy atom. The van der Waals surface area contributed by atoms with Crippen LogP contribution in [0, 0.1) is 5.82 Å². The molecule has 0 saturated heterocycles. The zero-order chi connectivity index (χ0) is 18.7. The summed E-state index contributed by atoms with van der Waals surface area (Å²) >= 11 is 0. The molecule has 1 aliphatic rings. The van der Waals surface area contributed by atoms with E-state index in [0.717, 1.165) is 36.4 Å². The molecule has 0 aliphatic carbocycles. The van der Waals surface area contributed by atoms with Gasteiger partial charge >= 0.3 is 0 Å². The molecule has 0 fully saturated rings. The van der Waals surface area contributed by atoms with Gasteiger partial charge in [0.1, 0.15) is 18.4 Å². The minimum Gasteiger partial charge on any atom is -0.493 e. The molecule has 0 radical (unpaired) electrons. The van der Waals surface area contributed by atoms with E-state index >= 15 is 0 Å². The molecule has 0 bridgehead atoms. The summed E-state index contributed by atoms with van der Waals surface area (Å²) in [6.45, 7) is 3.78. The molecule has 3 atom stereocenters. The molecule has 1 unspecified atom stereocenters. The van der Waals surface area contributed by atoms with E-state index in [1.165, 1.54) is 22.1 Å². The van der Waals surface area contributed by atoms with E-state index in [0.29, 0.717) is 6.54 Å². The van der Waals surface area contributed by atoms with E-state index in [9.17, 15) is 4.39 Å². The monoisotopic (exact) mass is 360 g/mol. The molecule has 5 heteroatoms. The topological polar surface area (TPSA) is 50.5 Å². The number of halogens is 1. The molecule has 0 saturated carbocycles. The first kappa shape index (κ1) is 18.7. The minimum absolute atomic E-state index is 0.131. The molecule has 140 valence electrons. The molecule has 2 aromatic rings. The SMILES string of the molecule is CC[C@@H]([NH3+])[C@H]1c2cc(OC)c(OC)cc2CC[NH+]1Cc1ccccc1F. The van der Waals surface area contributed by atoms with E-state index < -0.39 is 0 Å². The van der Waals surface area contributed by atoms with Crippen molar-refractivity contribution in [1.82, 2.24) is 0 Å². The van der Waals surface area contributed by atoms with Crippen LogP contribution in [0.4, 0.5) is 4.39 Å². The molecule has 26 heavy (non-hydrogen) atoms. The molecule has 0 amide bonds. The number of ether oxygens (including phenoxy) is 2. The zero-order valence-corrected chi connectivity index (χ0v) is 15.8. The molecular formula is C21H29FN2O2+2. The third kappa shape index (κ3) is 3.55. The average Bonchev–Trinajstić information content (AvgIpc) is 2.67. The minimum atomic E-state index is -0.131. The Morgan fingerprint density at radius 3 is 2.54 bits per heavy atom. The highest BCUT2D eigenvalue weighted by Gasteiger charge is 2.38. The summed E-state index contributed by atoms with van der Waals surface area (Å²) in [5.41, 5.74) is 7.70. The zero-order valence-electron chi connectivity index (χ0n) is 15.8. The Labute approximate surface area is 154 Å². The van der Waals surface area contributed by atoms with E-state index in [1.54, 1.807) is 20.3 Å². The summed E-state index contributed by atoms with van der Waals surface area (Å²) in [5.74, 6) is 1.38. The molecule has 4 N–H and O–H groups in total. The summed E-state index contributed by atoms with van der Waals surface area (Å²) in [6.07, 6.45) is 1.91. The molecule has 1 heterocycles. The van der Waals surface area contributed by atoms with Gasteiger partial charge < -0.3 is 20.1 Å². The van der Waals surface area contributed by atoms with Gasteiger partial charge in [-0.15, -0.1) is 0 Å². The van der Waals surface area contributed by atoms with Crippen LogP contribution < -0.4 is 20.1 Å². The van der Waals surface area contributed by atoms with Crippen LogP contribution in [0.1, 0.15) is 36.1 Å². The lowest BCUT2D eigenvalue weighted by molar-refractivity contribution is -0.957. The van der Waals surface area contributed by atoms with Crippen molar-refractivity contribution in [3.05, 3.63) is 58.9 Å². The third-order valence-corrected chi connectivity index (χ3v) is 5.51. The fourth-order valence-corrected chi connectivity index (χ4v) is 4.02. The van der Waals surface area contributed by atoms with E-state index in [-0.39, 0.29) is 17.9 Å². The van der Waals surface area contributed by atoms with Gasteiger partial charge in [0.2, 0.25) is 0 Å². The largest absolute Gasteiger partial charge is 0.493 e. The van der Waals surface area contributed by atoms with Crippen LogP contribution in [0.3, 0.4) is 0 Å². The molecule has 3 rings (SSSR count). The maximum atomic E-state index is 14.2. The lowest BCUT2D eigenvalue weighted by atomic mass is 9.86. The molecule has 0 spiro atoms. The summed E-state index contributed by atoms with van der Waals surface area (Å²) < 4.78 is 25.2. The summed E-state index contributed by atoms with van der Waals surface area (Å²) in [7, 11) is 3.32. The molecule has 2 aromatic carbocycles. The predicted octanol–water partition coefficient (Wildman–Crippen LogP) is 1.55. The van der Waals surface area contributed by atoms with Crippen molar-refractivity contribution in [3.8, 4) is 11.5 Å². The quantitative estimate of drug-likeness (QED) is 0.821. The smallest absolute Gasteiger partial charge is 0.166 e. The van der Waals surface area contributed by atoms with E-state index in [4.69, 9.17) is 9.47 Å². The molecular weight excluding hydrogens is 331 g/mol. The van der Waals surface area contributed by atoms with Gasteiger partial charge in [0.25, 0.3) is 0 Å². The first-order chi connectivity index (χ1) is 12.6. The van der Waals surface area contributed by atoms with Crippen molar-refractivity contribution in [2.24, 2.45) is 0 Å². The van der Waals surface area contributed by atoms with Crippen LogP contribution >= 0.6 is 0 Å². The fourth-order valence-electron chi connectivity index (χ4n) is 4.02. The molecule has 1 aliphatic heterocycles. The van der Waals surface area contributed by atoms with E-state index in [2.05, 4.69) is 24.8 Å². The van der Waals surface area contributed by atoms with Crippen molar-refractivity contribution >= 4 is 0 Å². The second-order valence-corrected chi connectivity index (χ2v) is 6.98. The van der Waals surface area contributed by atoms with Crippen LogP contribution in [-0.2, 0) is 13.0 Å². The summed E-state index contributed by atoms with van der Waals surface area (Å²) in [6, 6.07) is 11.7. The van der Waals surface area contributed by atoms with Gasteiger partial charge in [-0.2, -0.15) is 0 Å². The number of fused-ring (bicyclic) bond motifs is 1. The lowest BCUT2D eigenvalue weighted by Gasteiger charge is -2.36. The summed E-state index contributed by atoms with van der Waals surface area (Å²) in [5, 5.41) is 0. The normalized spacial score (nSPS) is 20.3. The highest BCUT2D eigenvalue weighted by atomic mass is 19.1. The van der Waals surface area contributed by atoms with Crippen LogP contribution in [0.15, 0.2) is 36.4 Å². The number of hydrogen-bond acceptors (Lipinski definition) is 2. The second kappa shape index (κ2) is 8.06. The second-order valence-electron chi connectivity index (χ2n) is 6.98. The molecule has 4 nitrogen and oxygen atoms in total. The van der Waals surface area contributed by atoms with Crippen LogP contribution in [0.25, 0.3) is 0 Å². The number of hydrogen-bond donors (Lipinski definition) is 2. The average molecular weight is 360 g/mol. The Morgan fingerprint density at radius 1 is 1.19 bits per heavy atom. The number of rotatable bonds is 6. The Kier molecular flexibility index (Phi) is 5.79. The summed E-state index contributed by atoms with van der Waals surface area (Å²) in [4.78, 5) is 1.36. The van der Waals surface area contributed by atoms with Gasteiger partial charge in [-0.05, 0) is 23.8 Å². The van der Waals surface area contributed by atoms with Crippen molar-refractivity contribution in [2.45, 2.75) is 38.4 Å². The van der Waals surface area contributed by atoms with Crippen molar-refractivity contribution in [3.63, 3.8) is 0 Å². The van der Waals surface area contributed by atoms with Crippen molar-refractivity contribution in [2.75, 3.05) is 20.8 Å². The number of quaternary nitrogens is 2. The fraction of sp³-hybridized carbons (Fsp3) is 0.429. The first-order valence-corrected chi connectivity index (χ1v) is 9.24. The Bertz CT molecular complexity index is 766. The van der Waals surface area contributed by atoms with Crippen LogP contribution in [0.2, 0.25) is 0 Å². The van der Waals surface area contributed by atoms with E-state index in [1.807, 2.05) is 12.1 Å². The predicted molar refractivity (Wildman–Crippen MR) is 98.9 cm³/mol. The van der Waals surface area contributed by atoms with Crippen molar-refractivity contribution < 1.29 is 24.5 Å². The van der Waals surface area contributed by atoms with Crippen molar-refractivity contribution in [1.29, 1.82) is 0 Å². The Hall–Kier alpha value is -2.11. The van der Waals surface area contributed by atoms with Crippen LogP contribution in [0.5, 0.6) is 11.5 Å². The standard InChI is InChI=1S/C21H27FN2O2/c1-4-18(23)21-16-12-20(26-3)19(25-2)11-14(16)9-10-24(21)13-15-7-5-6-8-17(15)22/h5-8,11-12,18,21H,4,9-10,13,23H2,1-3H3/p+2/t18-,21-/m1/s1.